The van der Waals surface area contributed by atoms with Crippen LogP contribution in [0.15, 0.2) is 24.4 Å². The summed E-state index contributed by atoms with van der Waals surface area (Å²) in [6.45, 7) is 7.09. The van der Waals surface area contributed by atoms with Gasteiger partial charge in [0, 0.05) is 23.7 Å². The Bertz CT molecular complexity index is 459. The number of pyridine rings is 1. The molecule has 1 unspecified atom stereocenters. The van der Waals surface area contributed by atoms with Crippen LogP contribution in [0.3, 0.4) is 0 Å². The van der Waals surface area contributed by atoms with Crippen molar-refractivity contribution in [3.8, 4) is 0 Å². The minimum atomic E-state index is 0.251. The van der Waals surface area contributed by atoms with E-state index in [2.05, 4.69) is 36.1 Å². The first-order valence-corrected chi connectivity index (χ1v) is 6.55. The highest BCUT2D eigenvalue weighted by molar-refractivity contribution is 7.11. The van der Waals surface area contributed by atoms with Gasteiger partial charge >= 0.3 is 0 Å². The Morgan fingerprint density at radius 2 is 2.18 bits per heavy atom. The molecule has 0 bridgehead atoms. The van der Waals surface area contributed by atoms with Gasteiger partial charge in [-0.15, -0.1) is 11.3 Å². The number of aryl methyl sites for hydroxylation is 2. The van der Waals surface area contributed by atoms with Crippen molar-refractivity contribution in [1.82, 2.24) is 15.3 Å². The second kappa shape index (κ2) is 5.38. The fourth-order valence-corrected chi connectivity index (χ4v) is 2.48. The Labute approximate surface area is 106 Å². The molecule has 0 aromatic carbocycles. The van der Waals surface area contributed by atoms with Crippen molar-refractivity contribution < 1.29 is 0 Å². The van der Waals surface area contributed by atoms with E-state index in [0.29, 0.717) is 0 Å². The third kappa shape index (κ3) is 3.11. The highest BCUT2D eigenvalue weighted by atomic mass is 32.1. The minimum Gasteiger partial charge on any atom is -0.302 e. The highest BCUT2D eigenvalue weighted by Gasteiger charge is 2.08. The van der Waals surface area contributed by atoms with Crippen LogP contribution in [0.1, 0.15) is 34.2 Å². The molecule has 17 heavy (non-hydrogen) atoms. The van der Waals surface area contributed by atoms with E-state index in [1.807, 2.05) is 24.4 Å². The van der Waals surface area contributed by atoms with Gasteiger partial charge in [0.05, 0.1) is 11.4 Å². The van der Waals surface area contributed by atoms with Crippen LogP contribution < -0.4 is 5.32 Å². The topological polar surface area (TPSA) is 37.8 Å². The minimum absolute atomic E-state index is 0.251. The smallest absolute Gasteiger partial charge is 0.107 e. The van der Waals surface area contributed by atoms with Crippen LogP contribution in [0.25, 0.3) is 0 Å². The maximum atomic E-state index is 4.51. The van der Waals surface area contributed by atoms with Gasteiger partial charge in [-0.1, -0.05) is 6.07 Å². The lowest BCUT2D eigenvalue weighted by Gasteiger charge is -2.11. The summed E-state index contributed by atoms with van der Waals surface area (Å²) in [5.74, 6) is 0. The molecular formula is C13H17N3S. The predicted octanol–water partition coefficient (Wildman–Crippen LogP) is 3.01. The molecule has 90 valence electrons. The molecule has 1 N–H and O–H groups in total. The lowest BCUT2D eigenvalue weighted by atomic mass is 10.2. The molecule has 0 aliphatic rings. The third-order valence-electron chi connectivity index (χ3n) is 2.76. The first kappa shape index (κ1) is 12.2. The van der Waals surface area contributed by atoms with Crippen molar-refractivity contribution in [1.29, 1.82) is 0 Å². The summed E-state index contributed by atoms with van der Waals surface area (Å²) in [7, 11) is 0. The van der Waals surface area contributed by atoms with Crippen LogP contribution in [0.2, 0.25) is 0 Å². The van der Waals surface area contributed by atoms with E-state index >= 15 is 0 Å². The molecule has 0 saturated carbocycles. The summed E-state index contributed by atoms with van der Waals surface area (Å²) in [6, 6.07) is 6.23. The number of rotatable bonds is 4. The first-order chi connectivity index (χ1) is 8.16. The third-order valence-corrected chi connectivity index (χ3v) is 3.84. The molecule has 0 fully saturated rings. The lowest BCUT2D eigenvalue weighted by molar-refractivity contribution is 0.560. The van der Waals surface area contributed by atoms with E-state index < -0.39 is 0 Å². The van der Waals surface area contributed by atoms with Crippen LogP contribution >= 0.6 is 11.3 Å². The van der Waals surface area contributed by atoms with Gasteiger partial charge in [-0.2, -0.15) is 0 Å². The van der Waals surface area contributed by atoms with Gasteiger partial charge in [-0.05, 0) is 32.9 Å². The normalized spacial score (nSPS) is 12.6. The Balaban J connectivity index is 1.94. The van der Waals surface area contributed by atoms with Gasteiger partial charge in [0.1, 0.15) is 5.01 Å². The quantitative estimate of drug-likeness (QED) is 0.902. The van der Waals surface area contributed by atoms with E-state index in [9.17, 15) is 0 Å². The fourth-order valence-electron chi connectivity index (χ4n) is 1.59. The summed E-state index contributed by atoms with van der Waals surface area (Å²) in [6.07, 6.45) is 1.82. The van der Waals surface area contributed by atoms with Gasteiger partial charge in [0.25, 0.3) is 0 Å². The number of hydrogen-bond acceptors (Lipinski definition) is 4. The zero-order valence-electron chi connectivity index (χ0n) is 10.4. The van der Waals surface area contributed by atoms with Gasteiger partial charge in [0.15, 0.2) is 0 Å². The Hall–Kier alpha value is -1.26. The number of hydrogen-bond donors (Lipinski definition) is 1. The second-order valence-corrected chi connectivity index (χ2v) is 5.39. The molecule has 0 spiro atoms. The first-order valence-electron chi connectivity index (χ1n) is 5.74. The Morgan fingerprint density at radius 1 is 1.35 bits per heavy atom. The maximum absolute atomic E-state index is 4.51. The van der Waals surface area contributed by atoms with E-state index in [1.54, 1.807) is 11.3 Å². The van der Waals surface area contributed by atoms with Crippen LogP contribution in [-0.4, -0.2) is 9.97 Å². The average molecular weight is 247 g/mol. The zero-order valence-corrected chi connectivity index (χ0v) is 11.2. The van der Waals surface area contributed by atoms with Gasteiger partial charge < -0.3 is 5.32 Å². The Morgan fingerprint density at radius 3 is 2.76 bits per heavy atom. The van der Waals surface area contributed by atoms with Crippen LogP contribution in [0.5, 0.6) is 0 Å². The number of aromatic nitrogens is 2. The van der Waals surface area contributed by atoms with Crippen LogP contribution in [0.4, 0.5) is 0 Å². The molecule has 3 nitrogen and oxygen atoms in total. The van der Waals surface area contributed by atoms with E-state index in [4.69, 9.17) is 0 Å². The van der Waals surface area contributed by atoms with Crippen LogP contribution in [-0.2, 0) is 6.54 Å². The largest absolute Gasteiger partial charge is 0.302 e. The van der Waals surface area contributed by atoms with Crippen molar-refractivity contribution in [2.24, 2.45) is 0 Å². The van der Waals surface area contributed by atoms with E-state index in [0.717, 1.165) is 22.9 Å². The summed E-state index contributed by atoms with van der Waals surface area (Å²) < 4.78 is 0. The molecule has 1 atom stereocenters. The molecule has 2 aromatic heterocycles. The summed E-state index contributed by atoms with van der Waals surface area (Å²) >= 11 is 1.76. The van der Waals surface area contributed by atoms with E-state index in [1.165, 1.54) is 4.88 Å². The van der Waals surface area contributed by atoms with Gasteiger partial charge in [-0.25, -0.2) is 4.98 Å². The molecular weight excluding hydrogens is 230 g/mol. The monoisotopic (exact) mass is 247 g/mol. The summed E-state index contributed by atoms with van der Waals surface area (Å²) in [4.78, 5) is 10.1. The lowest BCUT2D eigenvalue weighted by Crippen LogP contribution is -2.18. The SMILES string of the molecule is Cc1nc(CNC(C)c2ccccn2)sc1C. The standard InChI is InChI=1S/C13H17N3S/c1-9-11(3)17-13(16-9)8-15-10(2)12-6-4-5-7-14-12/h4-7,10,15H,8H2,1-3H3. The molecule has 2 heterocycles. The average Bonchev–Trinajstić information content (AvgIpc) is 2.67. The molecule has 0 radical (unpaired) electrons. The number of nitrogens with one attached hydrogen (secondary N) is 1. The van der Waals surface area contributed by atoms with Gasteiger partial charge in [0.2, 0.25) is 0 Å². The van der Waals surface area contributed by atoms with Crippen molar-refractivity contribution in [3.63, 3.8) is 0 Å². The highest BCUT2D eigenvalue weighted by Crippen LogP contribution is 2.17. The number of thiazole rings is 1. The van der Waals surface area contributed by atoms with Crippen molar-refractivity contribution in [3.05, 3.63) is 45.7 Å². The van der Waals surface area contributed by atoms with E-state index in [-0.39, 0.29) is 6.04 Å². The maximum Gasteiger partial charge on any atom is 0.107 e. The van der Waals surface area contributed by atoms with Crippen molar-refractivity contribution >= 4 is 11.3 Å². The molecule has 0 amide bonds. The molecule has 2 rings (SSSR count). The zero-order chi connectivity index (χ0) is 12.3. The number of nitrogens with zero attached hydrogens (tertiary/aromatic N) is 2. The van der Waals surface area contributed by atoms with Crippen LogP contribution in [0, 0.1) is 13.8 Å². The molecule has 0 saturated heterocycles. The molecule has 0 aliphatic heterocycles. The predicted molar refractivity (Wildman–Crippen MR) is 71.1 cm³/mol. The Kier molecular flexibility index (Phi) is 3.86. The molecule has 2 aromatic rings. The molecule has 4 heteroatoms. The van der Waals surface area contributed by atoms with Crippen molar-refractivity contribution in [2.45, 2.75) is 33.4 Å². The molecule has 0 aliphatic carbocycles. The summed E-state index contributed by atoms with van der Waals surface area (Å²) in [5, 5.41) is 4.58. The van der Waals surface area contributed by atoms with Gasteiger partial charge in [-0.3, -0.25) is 4.98 Å². The van der Waals surface area contributed by atoms with Crippen molar-refractivity contribution in [2.75, 3.05) is 0 Å². The fraction of sp³-hybridized carbons (Fsp3) is 0.385. The second-order valence-electron chi connectivity index (χ2n) is 4.11. The summed E-state index contributed by atoms with van der Waals surface area (Å²) in [5.41, 5.74) is 2.20.